The summed E-state index contributed by atoms with van der Waals surface area (Å²) in [4.78, 5) is 4.24. The van der Waals surface area contributed by atoms with Gasteiger partial charge in [-0.3, -0.25) is 0 Å². The molecule has 27 heavy (non-hydrogen) atoms. The third-order valence-electron chi connectivity index (χ3n) is 4.55. The summed E-state index contributed by atoms with van der Waals surface area (Å²) in [6.07, 6.45) is 3.18. The zero-order valence-corrected chi connectivity index (χ0v) is 15.5. The van der Waals surface area contributed by atoms with Crippen LogP contribution in [0.2, 0.25) is 0 Å². The van der Waals surface area contributed by atoms with E-state index in [2.05, 4.69) is 41.9 Å². The van der Waals surface area contributed by atoms with Crippen molar-refractivity contribution in [2.24, 2.45) is 0 Å². The van der Waals surface area contributed by atoms with Gasteiger partial charge in [-0.2, -0.15) is 0 Å². The Morgan fingerprint density at radius 3 is 2.67 bits per heavy atom. The molecule has 0 saturated carbocycles. The predicted molar refractivity (Wildman–Crippen MR) is 110 cm³/mol. The summed E-state index contributed by atoms with van der Waals surface area (Å²) in [6, 6.07) is 22.0. The van der Waals surface area contributed by atoms with Gasteiger partial charge in [-0.25, -0.2) is 4.98 Å². The molecule has 3 nitrogen and oxygen atoms in total. The Morgan fingerprint density at radius 2 is 1.89 bits per heavy atom. The van der Waals surface area contributed by atoms with Crippen LogP contribution in [0, 0.1) is 0 Å². The molecular formula is C23H19NO2S. The van der Waals surface area contributed by atoms with Gasteiger partial charge >= 0.3 is 0 Å². The van der Waals surface area contributed by atoms with E-state index in [9.17, 15) is 5.11 Å². The largest absolute Gasteiger partial charge is 0.489 e. The molecule has 0 aliphatic carbocycles. The van der Waals surface area contributed by atoms with Crippen molar-refractivity contribution in [2.45, 2.75) is 12.2 Å². The number of nitrogens with zero attached hydrogens (tertiary/aromatic N) is 1. The van der Waals surface area contributed by atoms with Crippen LogP contribution in [0.5, 0.6) is 5.75 Å². The van der Waals surface area contributed by atoms with E-state index >= 15 is 0 Å². The normalized spacial score (nSPS) is 13.2. The van der Waals surface area contributed by atoms with Gasteiger partial charge in [0.05, 0.1) is 0 Å². The van der Waals surface area contributed by atoms with E-state index in [4.69, 9.17) is 4.74 Å². The van der Waals surface area contributed by atoms with Crippen LogP contribution in [-0.2, 0) is 12.2 Å². The van der Waals surface area contributed by atoms with Crippen molar-refractivity contribution in [2.75, 3.05) is 0 Å². The van der Waals surface area contributed by atoms with E-state index in [0.717, 1.165) is 5.56 Å². The highest BCUT2D eigenvalue weighted by Crippen LogP contribution is 2.34. The van der Waals surface area contributed by atoms with Crippen molar-refractivity contribution in [1.29, 1.82) is 0 Å². The van der Waals surface area contributed by atoms with Crippen molar-refractivity contribution in [3.8, 4) is 5.75 Å². The lowest BCUT2D eigenvalue weighted by molar-refractivity contribution is 0.134. The Hall–Kier alpha value is -2.95. The highest BCUT2D eigenvalue weighted by Gasteiger charge is 2.31. The van der Waals surface area contributed by atoms with Crippen LogP contribution in [0.1, 0.15) is 16.1 Å². The minimum atomic E-state index is -1.32. The summed E-state index contributed by atoms with van der Waals surface area (Å²) in [5.41, 5.74) is 0.456. The van der Waals surface area contributed by atoms with Crippen LogP contribution in [0.15, 0.2) is 91.0 Å². The molecule has 1 atom stereocenters. The fourth-order valence-electron chi connectivity index (χ4n) is 3.06. The van der Waals surface area contributed by atoms with Gasteiger partial charge in [-0.05, 0) is 46.2 Å². The number of rotatable bonds is 6. The minimum absolute atomic E-state index is 0.456. The second kappa shape index (κ2) is 7.35. The molecule has 4 aromatic rings. The maximum absolute atomic E-state index is 11.1. The van der Waals surface area contributed by atoms with E-state index in [1.807, 2.05) is 41.8 Å². The van der Waals surface area contributed by atoms with Crippen molar-refractivity contribution in [3.05, 3.63) is 107 Å². The SMILES string of the molecule is C=CC(O)(c1cccc(OCc2ccc3ccccc3c2)c1)c1nccs1. The van der Waals surface area contributed by atoms with Gasteiger partial charge in [0.25, 0.3) is 0 Å². The van der Waals surface area contributed by atoms with Gasteiger partial charge < -0.3 is 9.84 Å². The topological polar surface area (TPSA) is 42.4 Å². The Bertz CT molecular complexity index is 1070. The maximum atomic E-state index is 11.1. The second-order valence-electron chi connectivity index (χ2n) is 6.31. The van der Waals surface area contributed by atoms with Crippen molar-refractivity contribution >= 4 is 22.1 Å². The Morgan fingerprint density at radius 1 is 1.04 bits per heavy atom. The molecule has 134 valence electrons. The number of aromatic nitrogens is 1. The first-order valence-corrected chi connectivity index (χ1v) is 9.54. The third kappa shape index (κ3) is 3.50. The zero-order valence-electron chi connectivity index (χ0n) is 14.7. The smallest absolute Gasteiger partial charge is 0.159 e. The van der Waals surface area contributed by atoms with Crippen LogP contribution < -0.4 is 4.74 Å². The number of thiazole rings is 1. The second-order valence-corrected chi connectivity index (χ2v) is 7.20. The Balaban J connectivity index is 1.56. The van der Waals surface area contributed by atoms with Gasteiger partial charge in [-0.15, -0.1) is 11.3 Å². The molecule has 4 heteroatoms. The van der Waals surface area contributed by atoms with Crippen molar-refractivity contribution in [3.63, 3.8) is 0 Å². The van der Waals surface area contributed by atoms with Gasteiger partial charge in [0.15, 0.2) is 5.60 Å². The van der Waals surface area contributed by atoms with E-state index < -0.39 is 5.60 Å². The van der Waals surface area contributed by atoms with Gasteiger partial charge in [0, 0.05) is 11.6 Å². The van der Waals surface area contributed by atoms with E-state index in [0.29, 0.717) is 22.9 Å². The van der Waals surface area contributed by atoms with Crippen molar-refractivity contribution in [1.82, 2.24) is 4.98 Å². The first kappa shape index (κ1) is 17.5. The average Bonchev–Trinajstić information content (AvgIpc) is 3.27. The molecule has 3 aromatic carbocycles. The van der Waals surface area contributed by atoms with Crippen molar-refractivity contribution < 1.29 is 9.84 Å². The number of hydrogen-bond donors (Lipinski definition) is 1. The third-order valence-corrected chi connectivity index (χ3v) is 5.44. The lowest BCUT2D eigenvalue weighted by Gasteiger charge is -2.23. The summed E-state index contributed by atoms with van der Waals surface area (Å²) < 4.78 is 5.98. The lowest BCUT2D eigenvalue weighted by Crippen LogP contribution is -2.24. The van der Waals surface area contributed by atoms with E-state index in [-0.39, 0.29) is 0 Å². The monoisotopic (exact) mass is 373 g/mol. The molecule has 1 unspecified atom stereocenters. The molecule has 0 aliphatic rings. The zero-order chi connectivity index (χ0) is 18.7. The molecule has 1 N–H and O–H groups in total. The summed E-state index contributed by atoms with van der Waals surface area (Å²) in [6.45, 7) is 4.25. The van der Waals surface area contributed by atoms with Crippen LogP contribution in [-0.4, -0.2) is 10.1 Å². The first-order valence-electron chi connectivity index (χ1n) is 8.66. The standard InChI is InChI=1S/C23H19NO2S/c1-2-23(25,22-24-12-13-27-22)20-8-5-9-21(15-20)26-16-17-10-11-18-6-3-4-7-19(18)14-17/h2-15,25H,1,16H2. The summed E-state index contributed by atoms with van der Waals surface area (Å²) in [5, 5.41) is 15.9. The highest BCUT2D eigenvalue weighted by molar-refractivity contribution is 7.09. The fraction of sp³-hybridized carbons (Fsp3) is 0.0870. The molecule has 1 heterocycles. The molecule has 4 rings (SSSR count). The molecule has 0 aliphatic heterocycles. The lowest BCUT2D eigenvalue weighted by atomic mass is 9.94. The molecule has 1 aromatic heterocycles. The predicted octanol–water partition coefficient (Wildman–Crippen LogP) is 5.30. The van der Waals surface area contributed by atoms with Crippen LogP contribution in [0.4, 0.5) is 0 Å². The summed E-state index contributed by atoms with van der Waals surface area (Å²) >= 11 is 1.39. The number of benzene rings is 3. The highest BCUT2D eigenvalue weighted by atomic mass is 32.1. The molecule has 0 fully saturated rings. The van der Waals surface area contributed by atoms with Gasteiger partial charge in [0.2, 0.25) is 0 Å². The first-order chi connectivity index (χ1) is 13.2. The van der Waals surface area contributed by atoms with Crippen LogP contribution >= 0.6 is 11.3 Å². The van der Waals surface area contributed by atoms with Gasteiger partial charge in [0.1, 0.15) is 17.4 Å². The maximum Gasteiger partial charge on any atom is 0.159 e. The number of hydrogen-bond acceptors (Lipinski definition) is 4. The van der Waals surface area contributed by atoms with Crippen LogP contribution in [0.3, 0.4) is 0 Å². The number of ether oxygens (including phenoxy) is 1. The molecule has 0 saturated heterocycles. The van der Waals surface area contributed by atoms with Crippen LogP contribution in [0.25, 0.3) is 10.8 Å². The Kier molecular flexibility index (Phi) is 4.75. The number of fused-ring (bicyclic) bond motifs is 1. The molecule has 0 radical (unpaired) electrons. The summed E-state index contributed by atoms with van der Waals surface area (Å²) in [5.74, 6) is 0.692. The van der Waals surface area contributed by atoms with E-state index in [1.165, 1.54) is 28.2 Å². The molecule has 0 spiro atoms. The fourth-order valence-corrected chi connectivity index (χ4v) is 3.81. The molecule has 0 bridgehead atoms. The summed E-state index contributed by atoms with van der Waals surface area (Å²) in [7, 11) is 0. The number of aliphatic hydroxyl groups is 1. The van der Waals surface area contributed by atoms with E-state index in [1.54, 1.807) is 6.20 Å². The minimum Gasteiger partial charge on any atom is -0.489 e. The van der Waals surface area contributed by atoms with Gasteiger partial charge in [-0.1, -0.05) is 55.1 Å². The Labute approximate surface area is 162 Å². The quantitative estimate of drug-likeness (QED) is 0.467. The molecule has 0 amide bonds. The molecular weight excluding hydrogens is 354 g/mol. The average molecular weight is 373 g/mol.